The molecular weight excluding hydrogens is 239 g/mol. The lowest BCUT2D eigenvalue weighted by Crippen LogP contribution is -2.35. The van der Waals surface area contributed by atoms with Crippen molar-refractivity contribution in [3.05, 3.63) is 0 Å². The second kappa shape index (κ2) is 7.50. The van der Waals surface area contributed by atoms with Gasteiger partial charge in [-0.2, -0.15) is 13.2 Å². The maximum atomic E-state index is 11.7. The predicted octanol–water partition coefficient (Wildman–Crippen LogP) is 1.09. The number of nitrogens with one attached hydrogen (secondary N) is 1. The van der Waals surface area contributed by atoms with Gasteiger partial charge in [-0.15, -0.1) is 0 Å². The molecule has 0 bridgehead atoms. The smallest absolute Gasteiger partial charge is 0.391 e. The molecule has 7 heteroatoms. The quantitative estimate of drug-likeness (QED) is 0.717. The van der Waals surface area contributed by atoms with Gasteiger partial charge >= 0.3 is 6.18 Å². The number of hydrogen-bond acceptors (Lipinski definition) is 3. The Bertz CT molecular complexity index is 231. The number of hydrogen-bond donors (Lipinski definition) is 2. The molecule has 0 spiro atoms. The minimum atomic E-state index is -4.43. The van der Waals surface area contributed by atoms with Gasteiger partial charge in [0.2, 0.25) is 5.91 Å². The average Bonchev–Trinajstić information content (AvgIpc) is 2.11. The fraction of sp³-hybridized carbons (Fsp3) is 0.900. The van der Waals surface area contributed by atoms with Crippen molar-refractivity contribution < 1.29 is 27.8 Å². The summed E-state index contributed by atoms with van der Waals surface area (Å²) in [5, 5.41) is 11.7. The summed E-state index contributed by atoms with van der Waals surface area (Å²) in [5.74, 6) is -0.388. The van der Waals surface area contributed by atoms with E-state index in [1.54, 1.807) is 0 Å². The lowest BCUT2D eigenvalue weighted by molar-refractivity contribution is -0.175. The molecular formula is C10H18F3NO3. The molecule has 1 atom stereocenters. The van der Waals surface area contributed by atoms with Crippen LogP contribution in [-0.4, -0.2) is 43.1 Å². The Balaban J connectivity index is 3.60. The third kappa shape index (κ3) is 11.4. The van der Waals surface area contributed by atoms with Crippen LogP contribution in [0.4, 0.5) is 13.2 Å². The summed E-state index contributed by atoms with van der Waals surface area (Å²) in [6.45, 7) is 1.74. The fourth-order valence-corrected chi connectivity index (χ4v) is 1.17. The van der Waals surface area contributed by atoms with E-state index >= 15 is 0 Å². The molecule has 1 unspecified atom stereocenters. The number of aliphatic hydroxyl groups excluding tert-OH is 1. The predicted molar refractivity (Wildman–Crippen MR) is 55.3 cm³/mol. The summed E-state index contributed by atoms with van der Waals surface area (Å²) in [5.41, 5.74) is 0. The van der Waals surface area contributed by atoms with Gasteiger partial charge in [0.25, 0.3) is 0 Å². The second-order valence-electron chi connectivity index (χ2n) is 4.20. The zero-order valence-electron chi connectivity index (χ0n) is 9.88. The summed E-state index contributed by atoms with van der Waals surface area (Å²) in [4.78, 5) is 11.0. The average molecular weight is 257 g/mol. The Morgan fingerprint density at radius 3 is 2.47 bits per heavy atom. The molecule has 0 aliphatic heterocycles. The van der Waals surface area contributed by atoms with E-state index < -0.39 is 31.4 Å². The van der Waals surface area contributed by atoms with Gasteiger partial charge in [-0.05, 0) is 12.3 Å². The molecule has 0 rings (SSSR count). The van der Waals surface area contributed by atoms with Gasteiger partial charge in [0.15, 0.2) is 0 Å². The first-order valence-electron chi connectivity index (χ1n) is 5.30. The molecule has 0 aromatic rings. The number of carbonyl (C=O) groups is 1. The molecule has 1 amide bonds. The van der Waals surface area contributed by atoms with Crippen LogP contribution in [0.15, 0.2) is 0 Å². The molecule has 0 aromatic heterocycles. The van der Waals surface area contributed by atoms with Crippen molar-refractivity contribution in [2.24, 2.45) is 5.92 Å². The molecule has 0 saturated carbocycles. The Hall–Kier alpha value is -0.820. The summed E-state index contributed by atoms with van der Waals surface area (Å²) in [6, 6.07) is 0. The molecule has 0 radical (unpaired) electrons. The standard InChI is InChI=1S/C10H18F3NO3/c1-7(2)3-8(15)4-14-9(16)5-17-6-10(11,12)13/h7-8,15H,3-6H2,1-2H3,(H,14,16). The van der Waals surface area contributed by atoms with Gasteiger partial charge in [-0.1, -0.05) is 13.8 Å². The summed E-state index contributed by atoms with van der Waals surface area (Å²) < 4.78 is 39.2. The first-order chi connectivity index (χ1) is 7.70. The number of amides is 1. The maximum Gasteiger partial charge on any atom is 0.411 e. The van der Waals surface area contributed by atoms with Gasteiger partial charge in [-0.3, -0.25) is 4.79 Å². The number of carbonyl (C=O) groups excluding carboxylic acids is 1. The van der Waals surface area contributed by atoms with Crippen LogP contribution in [0.5, 0.6) is 0 Å². The first-order valence-corrected chi connectivity index (χ1v) is 5.30. The summed E-state index contributed by atoms with van der Waals surface area (Å²) >= 11 is 0. The largest absolute Gasteiger partial charge is 0.411 e. The van der Waals surface area contributed by atoms with Crippen LogP contribution < -0.4 is 5.32 Å². The van der Waals surface area contributed by atoms with Gasteiger partial charge in [-0.25, -0.2) is 0 Å². The molecule has 2 N–H and O–H groups in total. The first kappa shape index (κ1) is 16.2. The fourth-order valence-electron chi connectivity index (χ4n) is 1.17. The van der Waals surface area contributed by atoms with Crippen LogP contribution in [0.3, 0.4) is 0 Å². The highest BCUT2D eigenvalue weighted by Gasteiger charge is 2.27. The van der Waals surface area contributed by atoms with E-state index in [1.807, 2.05) is 13.8 Å². The van der Waals surface area contributed by atoms with E-state index in [-0.39, 0.29) is 12.5 Å². The molecule has 0 fully saturated rings. The molecule has 0 heterocycles. The van der Waals surface area contributed by atoms with E-state index in [0.717, 1.165) is 0 Å². The number of rotatable bonds is 7. The lowest BCUT2D eigenvalue weighted by Gasteiger charge is -2.14. The van der Waals surface area contributed by atoms with Crippen molar-refractivity contribution >= 4 is 5.91 Å². The molecule has 17 heavy (non-hydrogen) atoms. The van der Waals surface area contributed by atoms with E-state index in [0.29, 0.717) is 6.42 Å². The van der Waals surface area contributed by atoms with E-state index in [2.05, 4.69) is 10.1 Å². The molecule has 0 aliphatic carbocycles. The highest BCUT2D eigenvalue weighted by molar-refractivity contribution is 5.77. The summed E-state index contributed by atoms with van der Waals surface area (Å²) in [7, 11) is 0. The van der Waals surface area contributed by atoms with Crippen LogP contribution in [0.1, 0.15) is 20.3 Å². The maximum absolute atomic E-state index is 11.7. The van der Waals surface area contributed by atoms with Crippen molar-refractivity contribution in [3.63, 3.8) is 0 Å². The number of alkyl halides is 3. The molecule has 4 nitrogen and oxygen atoms in total. The van der Waals surface area contributed by atoms with Crippen molar-refractivity contribution in [2.45, 2.75) is 32.5 Å². The number of halogens is 3. The Labute approximate surface area is 98.1 Å². The zero-order valence-corrected chi connectivity index (χ0v) is 9.88. The van der Waals surface area contributed by atoms with Crippen molar-refractivity contribution in [2.75, 3.05) is 19.8 Å². The van der Waals surface area contributed by atoms with Crippen molar-refractivity contribution in [1.29, 1.82) is 0 Å². The number of ether oxygens (including phenoxy) is 1. The molecule has 0 aromatic carbocycles. The summed E-state index contributed by atoms with van der Waals surface area (Å²) in [6.07, 6.45) is -4.61. The lowest BCUT2D eigenvalue weighted by atomic mass is 10.1. The Kier molecular flexibility index (Phi) is 7.13. The minimum Gasteiger partial charge on any atom is -0.391 e. The third-order valence-corrected chi connectivity index (χ3v) is 1.78. The third-order valence-electron chi connectivity index (χ3n) is 1.78. The van der Waals surface area contributed by atoms with E-state index in [9.17, 15) is 23.1 Å². The van der Waals surface area contributed by atoms with Crippen LogP contribution in [0.25, 0.3) is 0 Å². The zero-order chi connectivity index (χ0) is 13.5. The molecule has 102 valence electrons. The van der Waals surface area contributed by atoms with Crippen molar-refractivity contribution in [1.82, 2.24) is 5.32 Å². The van der Waals surface area contributed by atoms with Crippen LogP contribution in [0.2, 0.25) is 0 Å². The van der Waals surface area contributed by atoms with Gasteiger partial charge in [0, 0.05) is 6.54 Å². The monoisotopic (exact) mass is 257 g/mol. The van der Waals surface area contributed by atoms with Crippen LogP contribution in [-0.2, 0) is 9.53 Å². The van der Waals surface area contributed by atoms with Gasteiger partial charge < -0.3 is 15.2 Å². The highest BCUT2D eigenvalue weighted by atomic mass is 19.4. The highest BCUT2D eigenvalue weighted by Crippen LogP contribution is 2.14. The molecule has 0 saturated heterocycles. The number of aliphatic hydroxyl groups is 1. The van der Waals surface area contributed by atoms with Crippen molar-refractivity contribution in [3.8, 4) is 0 Å². The topological polar surface area (TPSA) is 58.6 Å². The van der Waals surface area contributed by atoms with Gasteiger partial charge in [0.1, 0.15) is 13.2 Å². The van der Waals surface area contributed by atoms with E-state index in [4.69, 9.17) is 0 Å². The SMILES string of the molecule is CC(C)CC(O)CNC(=O)COCC(F)(F)F. The molecule has 0 aliphatic rings. The minimum absolute atomic E-state index is 0.0202. The Morgan fingerprint density at radius 2 is 2.00 bits per heavy atom. The van der Waals surface area contributed by atoms with Gasteiger partial charge in [0.05, 0.1) is 6.10 Å². The van der Waals surface area contributed by atoms with Crippen LogP contribution in [0, 0.1) is 5.92 Å². The Morgan fingerprint density at radius 1 is 1.41 bits per heavy atom. The van der Waals surface area contributed by atoms with E-state index in [1.165, 1.54) is 0 Å². The second-order valence-corrected chi connectivity index (χ2v) is 4.20. The van der Waals surface area contributed by atoms with Crippen LogP contribution >= 0.6 is 0 Å². The normalized spacial score (nSPS) is 13.8.